The van der Waals surface area contributed by atoms with Crippen molar-refractivity contribution >= 4 is 39.5 Å². The van der Waals surface area contributed by atoms with Crippen molar-refractivity contribution in [1.29, 1.82) is 0 Å². The van der Waals surface area contributed by atoms with Gasteiger partial charge in [0.05, 0.1) is 0 Å². The number of nitrogens with one attached hydrogen (secondary N) is 2. The number of benzene rings is 2. The van der Waals surface area contributed by atoms with Gasteiger partial charge in [-0.3, -0.25) is 4.79 Å². The van der Waals surface area contributed by atoms with E-state index in [-0.39, 0.29) is 12.1 Å². The predicted molar refractivity (Wildman–Crippen MR) is 116 cm³/mol. The monoisotopic (exact) mass is 474 g/mol. The molecule has 0 aliphatic rings. The van der Waals surface area contributed by atoms with Crippen molar-refractivity contribution in [2.45, 2.75) is 18.8 Å². The number of amides is 1. The number of alkyl halides is 3. The van der Waals surface area contributed by atoms with Gasteiger partial charge in [0.15, 0.2) is 0 Å². The second-order valence-electron chi connectivity index (χ2n) is 6.27. The molecule has 0 heterocycles. The minimum absolute atomic E-state index is 0.202. The molecule has 1 amide bonds. The van der Waals surface area contributed by atoms with Crippen molar-refractivity contribution in [2.75, 3.05) is 17.3 Å². The second-order valence-corrected chi connectivity index (χ2v) is 8.86. The standard InChI is InChI=1S/C20H21F3N2O4S2/c1-30-13-11-18(25-31(27,28)14-12-15-5-3-2-4-6-15)19(26)24-16-7-9-17(10-8-16)29-20(21,22)23/h2-10,12,14,18,25H,11,13H2,1H3,(H,24,26)/b14-12+. The van der Waals surface area contributed by atoms with Gasteiger partial charge in [-0.25, -0.2) is 8.42 Å². The van der Waals surface area contributed by atoms with Gasteiger partial charge in [0.1, 0.15) is 11.8 Å². The van der Waals surface area contributed by atoms with E-state index in [0.717, 1.165) is 17.5 Å². The maximum absolute atomic E-state index is 12.6. The van der Waals surface area contributed by atoms with Crippen molar-refractivity contribution in [3.63, 3.8) is 0 Å². The van der Waals surface area contributed by atoms with E-state index in [1.54, 1.807) is 30.3 Å². The lowest BCUT2D eigenvalue weighted by molar-refractivity contribution is -0.274. The summed E-state index contributed by atoms with van der Waals surface area (Å²) < 4.78 is 67.7. The Bertz CT molecular complexity index is 980. The molecule has 0 saturated carbocycles. The van der Waals surface area contributed by atoms with E-state index in [1.165, 1.54) is 30.0 Å². The zero-order valence-corrected chi connectivity index (χ0v) is 18.1. The van der Waals surface area contributed by atoms with Gasteiger partial charge in [-0.2, -0.15) is 16.5 Å². The highest BCUT2D eigenvalue weighted by Crippen LogP contribution is 2.24. The Balaban J connectivity index is 2.06. The molecule has 0 radical (unpaired) electrons. The molecule has 1 atom stereocenters. The number of ether oxygens (including phenoxy) is 1. The molecule has 0 fully saturated rings. The first kappa shape index (κ1) is 24.8. The second kappa shape index (κ2) is 11.2. The quantitative estimate of drug-likeness (QED) is 0.538. The van der Waals surface area contributed by atoms with Gasteiger partial charge in [-0.15, -0.1) is 13.2 Å². The largest absolute Gasteiger partial charge is 0.573 e. The zero-order chi connectivity index (χ0) is 22.9. The van der Waals surface area contributed by atoms with Gasteiger partial charge in [0.2, 0.25) is 15.9 Å². The van der Waals surface area contributed by atoms with Gasteiger partial charge in [0, 0.05) is 11.1 Å². The lowest BCUT2D eigenvalue weighted by Crippen LogP contribution is -2.43. The summed E-state index contributed by atoms with van der Waals surface area (Å²) in [5.41, 5.74) is 0.881. The Labute approximate surface area is 182 Å². The van der Waals surface area contributed by atoms with Crippen LogP contribution in [0.25, 0.3) is 6.08 Å². The molecule has 6 nitrogen and oxygen atoms in total. The molecule has 0 aliphatic carbocycles. The molecular formula is C20H21F3N2O4S2. The average Bonchev–Trinajstić information content (AvgIpc) is 2.71. The summed E-state index contributed by atoms with van der Waals surface area (Å²) in [6, 6.07) is 12.3. The molecule has 31 heavy (non-hydrogen) atoms. The Kier molecular flexibility index (Phi) is 8.96. The van der Waals surface area contributed by atoms with Gasteiger partial charge in [-0.05, 0) is 54.3 Å². The molecule has 2 N–H and O–H groups in total. The van der Waals surface area contributed by atoms with Crippen LogP contribution in [-0.4, -0.2) is 38.7 Å². The fourth-order valence-electron chi connectivity index (χ4n) is 2.42. The lowest BCUT2D eigenvalue weighted by atomic mass is 10.2. The van der Waals surface area contributed by atoms with Crippen molar-refractivity contribution < 1.29 is 31.1 Å². The molecule has 0 spiro atoms. The van der Waals surface area contributed by atoms with Crippen LogP contribution in [0.5, 0.6) is 5.75 Å². The van der Waals surface area contributed by atoms with Crippen LogP contribution in [0.3, 0.4) is 0 Å². The summed E-state index contributed by atoms with van der Waals surface area (Å²) >= 11 is 1.44. The molecule has 168 valence electrons. The van der Waals surface area contributed by atoms with E-state index in [1.807, 2.05) is 6.26 Å². The molecule has 0 bridgehead atoms. The average molecular weight is 475 g/mol. The Hall–Kier alpha value is -2.50. The van der Waals surface area contributed by atoms with E-state index in [9.17, 15) is 26.4 Å². The Morgan fingerprint density at radius 2 is 1.77 bits per heavy atom. The smallest absolute Gasteiger partial charge is 0.406 e. The topological polar surface area (TPSA) is 84.5 Å². The number of halogens is 3. The first-order valence-corrected chi connectivity index (χ1v) is 11.9. The summed E-state index contributed by atoms with van der Waals surface area (Å²) in [5, 5.41) is 3.48. The predicted octanol–water partition coefficient (Wildman–Crippen LogP) is 4.24. The van der Waals surface area contributed by atoms with Gasteiger partial charge < -0.3 is 10.1 Å². The highest BCUT2D eigenvalue weighted by atomic mass is 32.2. The number of carbonyl (C=O) groups excluding carboxylic acids is 1. The summed E-state index contributed by atoms with van der Waals surface area (Å²) in [6.45, 7) is 0. The van der Waals surface area contributed by atoms with Gasteiger partial charge >= 0.3 is 6.36 Å². The minimum atomic E-state index is -4.82. The molecule has 1 unspecified atom stereocenters. The summed E-state index contributed by atoms with van der Waals surface area (Å²) in [4.78, 5) is 12.6. The maximum atomic E-state index is 12.6. The molecule has 11 heteroatoms. The third-order valence-electron chi connectivity index (χ3n) is 3.83. The van der Waals surface area contributed by atoms with Crippen LogP contribution < -0.4 is 14.8 Å². The normalized spacial score (nSPS) is 13.2. The number of anilines is 1. The molecule has 2 aromatic carbocycles. The van der Waals surface area contributed by atoms with E-state index in [2.05, 4.69) is 14.8 Å². The first-order chi connectivity index (χ1) is 14.6. The molecule has 0 saturated heterocycles. The van der Waals surface area contributed by atoms with Gasteiger partial charge in [-0.1, -0.05) is 30.3 Å². The van der Waals surface area contributed by atoms with E-state index < -0.39 is 34.1 Å². The third kappa shape index (κ3) is 9.45. The fourth-order valence-corrected chi connectivity index (χ4v) is 3.93. The van der Waals surface area contributed by atoms with Crippen molar-refractivity contribution in [3.8, 4) is 5.75 Å². The minimum Gasteiger partial charge on any atom is -0.406 e. The van der Waals surface area contributed by atoms with Crippen LogP contribution in [0.4, 0.5) is 18.9 Å². The molecule has 2 rings (SSSR count). The van der Waals surface area contributed by atoms with E-state index in [4.69, 9.17) is 0 Å². The fraction of sp³-hybridized carbons (Fsp3) is 0.250. The van der Waals surface area contributed by atoms with E-state index in [0.29, 0.717) is 11.3 Å². The third-order valence-corrected chi connectivity index (χ3v) is 5.58. The number of hydrogen-bond donors (Lipinski definition) is 2. The van der Waals surface area contributed by atoms with Crippen LogP contribution >= 0.6 is 11.8 Å². The summed E-state index contributed by atoms with van der Waals surface area (Å²) in [7, 11) is -3.92. The van der Waals surface area contributed by atoms with Gasteiger partial charge in [0.25, 0.3) is 0 Å². The lowest BCUT2D eigenvalue weighted by Gasteiger charge is -2.17. The first-order valence-electron chi connectivity index (χ1n) is 8.99. The SMILES string of the molecule is CSCCC(NS(=O)(=O)/C=C/c1ccccc1)C(=O)Nc1ccc(OC(F)(F)F)cc1. The summed E-state index contributed by atoms with van der Waals surface area (Å²) in [6.07, 6.45) is -1.37. The van der Waals surface area contributed by atoms with Crippen LogP contribution in [0, 0.1) is 0 Å². The highest BCUT2D eigenvalue weighted by Gasteiger charge is 2.31. The van der Waals surface area contributed by atoms with Crippen LogP contribution in [0.1, 0.15) is 12.0 Å². The number of carbonyl (C=O) groups is 1. The molecule has 0 aromatic heterocycles. The highest BCUT2D eigenvalue weighted by molar-refractivity contribution is 7.98. The molecule has 2 aromatic rings. The van der Waals surface area contributed by atoms with Crippen molar-refractivity contribution in [1.82, 2.24) is 4.72 Å². The maximum Gasteiger partial charge on any atom is 0.573 e. The Morgan fingerprint density at radius 1 is 1.13 bits per heavy atom. The number of hydrogen-bond acceptors (Lipinski definition) is 5. The molecule has 0 aliphatic heterocycles. The Morgan fingerprint density at radius 3 is 2.35 bits per heavy atom. The number of rotatable bonds is 10. The van der Waals surface area contributed by atoms with Crippen LogP contribution in [-0.2, 0) is 14.8 Å². The van der Waals surface area contributed by atoms with Crippen LogP contribution in [0.2, 0.25) is 0 Å². The van der Waals surface area contributed by atoms with Crippen LogP contribution in [0.15, 0.2) is 60.0 Å². The zero-order valence-electron chi connectivity index (χ0n) is 16.4. The number of thioether (sulfide) groups is 1. The van der Waals surface area contributed by atoms with Crippen molar-refractivity contribution in [2.24, 2.45) is 0 Å². The number of sulfonamides is 1. The van der Waals surface area contributed by atoms with Crippen molar-refractivity contribution in [3.05, 3.63) is 65.6 Å². The summed E-state index contributed by atoms with van der Waals surface area (Å²) in [5.74, 6) is -0.548. The van der Waals surface area contributed by atoms with E-state index >= 15 is 0 Å². The molecular weight excluding hydrogens is 453 g/mol.